The molecule has 4 rings (SSSR count). The molecule has 0 atom stereocenters. The molecular formula is C24H26N2O2SSi. The number of allylic oxidation sites excluding steroid dienone is 5. The number of fused-ring (bicyclic) bond motifs is 2. The summed E-state index contributed by atoms with van der Waals surface area (Å²) in [4.78, 5) is 14.8. The molecule has 30 heavy (non-hydrogen) atoms. The fourth-order valence-corrected chi connectivity index (χ4v) is 8.21. The van der Waals surface area contributed by atoms with Crippen LogP contribution in [0.3, 0.4) is 0 Å². The molecule has 0 unspecified atom stereocenters. The summed E-state index contributed by atoms with van der Waals surface area (Å²) in [5.74, 6) is -1.12. The summed E-state index contributed by atoms with van der Waals surface area (Å²) >= 11 is 1.29. The van der Waals surface area contributed by atoms with Crippen molar-refractivity contribution in [3.05, 3.63) is 74.6 Å². The van der Waals surface area contributed by atoms with E-state index in [1.807, 2.05) is 6.07 Å². The molecule has 2 aliphatic rings. The molecule has 0 radical (unpaired) electrons. The number of thiophene rings is 1. The van der Waals surface area contributed by atoms with Gasteiger partial charge in [0.15, 0.2) is 5.71 Å². The van der Waals surface area contributed by atoms with E-state index in [9.17, 15) is 9.90 Å². The van der Waals surface area contributed by atoms with Crippen LogP contribution in [0.15, 0.2) is 59.3 Å². The van der Waals surface area contributed by atoms with Crippen molar-refractivity contribution in [2.75, 3.05) is 33.1 Å². The summed E-state index contributed by atoms with van der Waals surface area (Å²) in [6.07, 6.45) is 6.67. The maximum Gasteiger partial charge on any atom is 0.199 e. The van der Waals surface area contributed by atoms with Gasteiger partial charge >= 0.3 is 0 Å². The predicted octanol–water partition coefficient (Wildman–Crippen LogP) is 2.66. The fraction of sp³-hybridized carbons (Fsp3) is 0.250. The van der Waals surface area contributed by atoms with Crippen LogP contribution in [0.4, 0.5) is 5.69 Å². The highest BCUT2D eigenvalue weighted by atomic mass is 32.1. The summed E-state index contributed by atoms with van der Waals surface area (Å²) < 4.78 is 2.13. The number of carbonyl (C=O) groups excluding carboxylic acids is 1. The SMILES string of the molecule is CN(C)c1ccc2c(c1)[Si](C)(C)C1=CC(=[N+](C)C)C=CC1=C2c1ccc(C(=O)[O-])s1. The highest BCUT2D eigenvalue weighted by molar-refractivity contribution is 7.15. The zero-order chi connectivity index (χ0) is 21.8. The number of hydrogen-bond acceptors (Lipinski definition) is 4. The van der Waals surface area contributed by atoms with Gasteiger partial charge in [0.1, 0.15) is 22.2 Å². The van der Waals surface area contributed by atoms with E-state index in [-0.39, 0.29) is 4.88 Å². The Morgan fingerprint density at radius 1 is 1.10 bits per heavy atom. The van der Waals surface area contributed by atoms with E-state index in [0.29, 0.717) is 0 Å². The molecule has 0 N–H and O–H groups in total. The quantitative estimate of drug-likeness (QED) is 0.551. The number of nitrogens with zero attached hydrogens (tertiary/aromatic N) is 2. The van der Waals surface area contributed by atoms with Crippen molar-refractivity contribution in [3.63, 3.8) is 0 Å². The minimum atomic E-state index is -1.97. The topological polar surface area (TPSA) is 46.4 Å². The van der Waals surface area contributed by atoms with E-state index in [1.165, 1.54) is 44.3 Å². The molecule has 0 saturated heterocycles. The Kier molecular flexibility index (Phi) is 4.95. The minimum Gasteiger partial charge on any atom is -0.544 e. The largest absolute Gasteiger partial charge is 0.544 e. The predicted molar refractivity (Wildman–Crippen MR) is 127 cm³/mol. The Balaban J connectivity index is 2.06. The molecule has 0 saturated carbocycles. The Morgan fingerprint density at radius 2 is 1.83 bits per heavy atom. The number of benzene rings is 1. The first-order valence-corrected chi connectivity index (χ1v) is 13.8. The molecule has 154 valence electrons. The van der Waals surface area contributed by atoms with Gasteiger partial charge in [0.2, 0.25) is 0 Å². The monoisotopic (exact) mass is 434 g/mol. The number of carboxylic acids is 1. The standard InChI is InChI=1S/C24H26N2O2SSi/c1-25(2)15-7-9-17-21(13-15)30(5,6)22-14-16(26(3)4)8-10-18(22)23(17)19-11-12-20(29-19)24(27)28/h7-14H,1-6H3. The Labute approximate surface area is 182 Å². The van der Waals surface area contributed by atoms with Crippen LogP contribution in [0.5, 0.6) is 0 Å². The minimum absolute atomic E-state index is 0.262. The van der Waals surface area contributed by atoms with Crippen molar-refractivity contribution < 1.29 is 14.5 Å². The molecule has 1 aromatic heterocycles. The van der Waals surface area contributed by atoms with Gasteiger partial charge in [-0.1, -0.05) is 19.2 Å². The van der Waals surface area contributed by atoms with Crippen molar-refractivity contribution in [2.24, 2.45) is 0 Å². The van der Waals surface area contributed by atoms with Crippen LogP contribution >= 0.6 is 11.3 Å². The van der Waals surface area contributed by atoms with Gasteiger partial charge in [-0.2, -0.15) is 0 Å². The molecule has 1 aromatic carbocycles. The van der Waals surface area contributed by atoms with Crippen molar-refractivity contribution in [2.45, 2.75) is 13.1 Å². The van der Waals surface area contributed by atoms with E-state index >= 15 is 0 Å². The summed E-state index contributed by atoms with van der Waals surface area (Å²) in [5, 5.41) is 14.2. The van der Waals surface area contributed by atoms with Gasteiger partial charge in [0.25, 0.3) is 0 Å². The molecular weight excluding hydrogens is 408 g/mol. The van der Waals surface area contributed by atoms with Crippen LogP contribution in [-0.2, 0) is 0 Å². The van der Waals surface area contributed by atoms with Gasteiger partial charge in [0, 0.05) is 42.4 Å². The molecule has 2 heterocycles. The summed E-state index contributed by atoms with van der Waals surface area (Å²) in [6, 6.07) is 10.2. The highest BCUT2D eigenvalue weighted by Gasteiger charge is 2.40. The second-order valence-corrected chi connectivity index (χ2v) is 14.1. The lowest BCUT2D eigenvalue weighted by atomic mass is 9.93. The van der Waals surface area contributed by atoms with E-state index in [0.717, 1.165) is 10.5 Å². The lowest BCUT2D eigenvalue weighted by Gasteiger charge is -2.37. The molecule has 0 spiro atoms. The molecule has 1 aliphatic carbocycles. The van der Waals surface area contributed by atoms with E-state index < -0.39 is 14.0 Å². The Bertz CT molecular complexity index is 1190. The first kappa shape index (κ1) is 20.6. The van der Waals surface area contributed by atoms with Crippen molar-refractivity contribution >= 4 is 47.5 Å². The first-order valence-electron chi connectivity index (χ1n) is 9.94. The number of carbonyl (C=O) groups is 1. The van der Waals surface area contributed by atoms with Gasteiger partial charge < -0.3 is 14.8 Å². The smallest absolute Gasteiger partial charge is 0.199 e. The lowest BCUT2D eigenvalue weighted by molar-refractivity contribution is -0.462. The molecule has 0 fully saturated rings. The Hall–Kier alpha value is -2.70. The fourth-order valence-electron chi connectivity index (χ4n) is 4.23. The van der Waals surface area contributed by atoms with Crippen molar-refractivity contribution in [3.8, 4) is 0 Å². The zero-order valence-electron chi connectivity index (χ0n) is 18.2. The summed E-state index contributed by atoms with van der Waals surface area (Å²) in [7, 11) is 6.28. The van der Waals surface area contributed by atoms with Crippen LogP contribution in [-0.4, -0.2) is 52.5 Å². The summed E-state index contributed by atoms with van der Waals surface area (Å²) in [5.41, 5.74) is 5.92. The molecule has 2 aromatic rings. The number of carboxylic acid groups (broad SMARTS) is 1. The van der Waals surface area contributed by atoms with Crippen LogP contribution in [0.1, 0.15) is 20.1 Å². The number of hydrogen-bond donors (Lipinski definition) is 0. The van der Waals surface area contributed by atoms with E-state index in [2.05, 4.69) is 87.2 Å². The number of rotatable bonds is 3. The second-order valence-electron chi connectivity index (χ2n) is 8.70. The van der Waals surface area contributed by atoms with Gasteiger partial charge in [-0.25, -0.2) is 4.58 Å². The molecule has 0 amide bonds. The maximum atomic E-state index is 11.4. The third-order valence-electron chi connectivity index (χ3n) is 5.98. The van der Waals surface area contributed by atoms with Crippen LogP contribution in [0.25, 0.3) is 5.57 Å². The molecule has 4 nitrogen and oxygen atoms in total. The number of anilines is 1. The third kappa shape index (κ3) is 3.20. The van der Waals surface area contributed by atoms with Crippen molar-refractivity contribution in [1.29, 1.82) is 0 Å². The van der Waals surface area contributed by atoms with Gasteiger partial charge in [-0.3, -0.25) is 0 Å². The van der Waals surface area contributed by atoms with Gasteiger partial charge in [0.05, 0.1) is 10.8 Å². The normalized spacial score (nSPS) is 16.7. The summed E-state index contributed by atoms with van der Waals surface area (Å²) in [6.45, 7) is 4.81. The number of aromatic carboxylic acids is 1. The van der Waals surface area contributed by atoms with Gasteiger partial charge in [-0.15, -0.1) is 11.3 Å². The van der Waals surface area contributed by atoms with Crippen LogP contribution in [0.2, 0.25) is 13.1 Å². The Morgan fingerprint density at radius 3 is 2.43 bits per heavy atom. The third-order valence-corrected chi connectivity index (χ3v) is 10.6. The highest BCUT2D eigenvalue weighted by Crippen LogP contribution is 2.43. The van der Waals surface area contributed by atoms with E-state index in [4.69, 9.17) is 0 Å². The average Bonchev–Trinajstić information content (AvgIpc) is 3.17. The van der Waals surface area contributed by atoms with E-state index in [1.54, 1.807) is 6.07 Å². The lowest BCUT2D eigenvalue weighted by Crippen LogP contribution is -2.49. The van der Waals surface area contributed by atoms with Crippen LogP contribution < -0.4 is 15.2 Å². The average molecular weight is 435 g/mol. The van der Waals surface area contributed by atoms with Crippen LogP contribution in [0, 0.1) is 0 Å². The van der Waals surface area contributed by atoms with Crippen molar-refractivity contribution in [1.82, 2.24) is 0 Å². The molecule has 1 aliphatic heterocycles. The zero-order valence-corrected chi connectivity index (χ0v) is 20.1. The maximum absolute atomic E-state index is 11.4. The molecule has 6 heteroatoms. The molecule has 0 bridgehead atoms. The first-order chi connectivity index (χ1) is 14.1. The second kappa shape index (κ2) is 7.21. The van der Waals surface area contributed by atoms with Gasteiger partial charge in [-0.05, 0) is 51.9 Å².